The molecule has 1 atom stereocenters. The molecular weight excluding hydrogens is 302 g/mol. The standard InChI is InChI=1S/C14H13N5O2S/c1-8-2-3-11(22-8)12-16-13(21-18-12)10-5-7-19(10)14(20)9-4-6-15-17-9/h2-4,6,10H,5,7H2,1H3,(H,15,17)/t10-/m0/s1. The number of aromatic nitrogens is 4. The molecule has 1 saturated heterocycles. The Balaban J connectivity index is 1.55. The van der Waals surface area contributed by atoms with Gasteiger partial charge in [0.15, 0.2) is 0 Å². The maximum absolute atomic E-state index is 12.3. The van der Waals surface area contributed by atoms with Crippen molar-refractivity contribution in [2.24, 2.45) is 0 Å². The van der Waals surface area contributed by atoms with Crippen molar-refractivity contribution >= 4 is 17.2 Å². The van der Waals surface area contributed by atoms with Gasteiger partial charge in [-0.15, -0.1) is 11.3 Å². The molecule has 4 rings (SSSR count). The first kappa shape index (κ1) is 13.2. The highest BCUT2D eigenvalue weighted by atomic mass is 32.1. The third kappa shape index (κ3) is 2.12. The van der Waals surface area contributed by atoms with Gasteiger partial charge < -0.3 is 9.42 Å². The second kappa shape index (κ2) is 5.06. The molecule has 1 fully saturated rings. The monoisotopic (exact) mass is 315 g/mol. The topological polar surface area (TPSA) is 87.9 Å². The molecule has 0 aliphatic carbocycles. The number of H-pyrrole nitrogens is 1. The Morgan fingerprint density at radius 2 is 2.36 bits per heavy atom. The van der Waals surface area contributed by atoms with Gasteiger partial charge in [0.1, 0.15) is 11.7 Å². The van der Waals surface area contributed by atoms with Gasteiger partial charge in [-0.2, -0.15) is 10.1 Å². The number of thiophene rings is 1. The van der Waals surface area contributed by atoms with E-state index < -0.39 is 0 Å². The average molecular weight is 315 g/mol. The van der Waals surface area contributed by atoms with E-state index in [4.69, 9.17) is 4.52 Å². The number of aromatic amines is 1. The summed E-state index contributed by atoms with van der Waals surface area (Å²) in [5, 5.41) is 10.5. The summed E-state index contributed by atoms with van der Waals surface area (Å²) in [5.74, 6) is 0.967. The summed E-state index contributed by atoms with van der Waals surface area (Å²) in [6.07, 6.45) is 2.39. The number of carbonyl (C=O) groups is 1. The molecule has 7 nitrogen and oxygen atoms in total. The summed E-state index contributed by atoms with van der Waals surface area (Å²) in [5.41, 5.74) is 0.471. The van der Waals surface area contributed by atoms with Crippen molar-refractivity contribution in [2.75, 3.05) is 6.54 Å². The smallest absolute Gasteiger partial charge is 0.272 e. The Labute approximate surface area is 130 Å². The Hall–Kier alpha value is -2.48. The Morgan fingerprint density at radius 3 is 3.00 bits per heavy atom. The lowest BCUT2D eigenvalue weighted by molar-refractivity contribution is 0.0373. The summed E-state index contributed by atoms with van der Waals surface area (Å²) in [6.45, 7) is 2.71. The Kier molecular flexibility index (Phi) is 3.04. The first-order valence-corrected chi connectivity index (χ1v) is 7.75. The molecule has 0 unspecified atom stereocenters. The predicted octanol–water partition coefficient (Wildman–Crippen LogP) is 2.42. The molecule has 0 bridgehead atoms. The second-order valence-electron chi connectivity index (χ2n) is 5.14. The van der Waals surface area contributed by atoms with Gasteiger partial charge in [0.05, 0.1) is 4.88 Å². The van der Waals surface area contributed by atoms with Crippen molar-refractivity contribution in [3.8, 4) is 10.7 Å². The van der Waals surface area contributed by atoms with Gasteiger partial charge >= 0.3 is 0 Å². The van der Waals surface area contributed by atoms with Crippen LogP contribution in [0, 0.1) is 6.92 Å². The van der Waals surface area contributed by atoms with Crippen LogP contribution < -0.4 is 0 Å². The van der Waals surface area contributed by atoms with Crippen molar-refractivity contribution in [3.05, 3.63) is 40.9 Å². The minimum Gasteiger partial charge on any atom is -0.337 e. The van der Waals surface area contributed by atoms with Crippen LogP contribution >= 0.6 is 11.3 Å². The highest BCUT2D eigenvalue weighted by Crippen LogP contribution is 2.35. The van der Waals surface area contributed by atoms with Gasteiger partial charge in [0.25, 0.3) is 5.91 Å². The molecule has 0 aromatic carbocycles. The van der Waals surface area contributed by atoms with E-state index in [1.165, 1.54) is 4.88 Å². The van der Waals surface area contributed by atoms with Gasteiger partial charge in [-0.1, -0.05) is 5.16 Å². The zero-order valence-electron chi connectivity index (χ0n) is 11.8. The molecule has 22 heavy (non-hydrogen) atoms. The van der Waals surface area contributed by atoms with E-state index in [1.807, 2.05) is 19.1 Å². The van der Waals surface area contributed by atoms with Crippen LogP contribution in [0.5, 0.6) is 0 Å². The van der Waals surface area contributed by atoms with E-state index in [0.29, 0.717) is 24.0 Å². The number of hydrogen-bond acceptors (Lipinski definition) is 6. The van der Waals surface area contributed by atoms with Gasteiger partial charge in [-0.05, 0) is 31.5 Å². The van der Waals surface area contributed by atoms with Crippen LogP contribution in [0.15, 0.2) is 28.9 Å². The van der Waals surface area contributed by atoms with Gasteiger partial charge in [0, 0.05) is 17.6 Å². The summed E-state index contributed by atoms with van der Waals surface area (Å²) in [6, 6.07) is 5.50. The van der Waals surface area contributed by atoms with Crippen LogP contribution in [-0.4, -0.2) is 37.7 Å². The Bertz CT molecular complexity index is 807. The quantitative estimate of drug-likeness (QED) is 0.802. The summed E-state index contributed by atoms with van der Waals surface area (Å²) in [4.78, 5) is 20.6. The normalized spacial score (nSPS) is 17.5. The van der Waals surface area contributed by atoms with Crippen LogP contribution in [0.3, 0.4) is 0 Å². The molecule has 1 aliphatic rings. The highest BCUT2D eigenvalue weighted by Gasteiger charge is 2.38. The fourth-order valence-electron chi connectivity index (χ4n) is 2.44. The van der Waals surface area contributed by atoms with E-state index in [1.54, 1.807) is 28.5 Å². The lowest BCUT2D eigenvalue weighted by Crippen LogP contribution is -2.45. The average Bonchev–Trinajstić information content (AvgIpc) is 3.17. The van der Waals surface area contributed by atoms with E-state index in [0.717, 1.165) is 11.3 Å². The summed E-state index contributed by atoms with van der Waals surface area (Å²) >= 11 is 1.62. The lowest BCUT2D eigenvalue weighted by atomic mass is 10.0. The van der Waals surface area contributed by atoms with Crippen LogP contribution in [0.2, 0.25) is 0 Å². The maximum atomic E-state index is 12.3. The van der Waals surface area contributed by atoms with E-state index in [2.05, 4.69) is 20.3 Å². The molecule has 0 radical (unpaired) electrons. The molecule has 0 saturated carbocycles. The molecule has 8 heteroatoms. The number of rotatable bonds is 3. The number of amides is 1. The number of likely N-dealkylation sites (tertiary alicyclic amines) is 1. The van der Waals surface area contributed by atoms with E-state index in [-0.39, 0.29) is 11.9 Å². The zero-order chi connectivity index (χ0) is 15.1. The molecule has 3 aromatic heterocycles. The molecule has 4 heterocycles. The van der Waals surface area contributed by atoms with Crippen molar-refractivity contribution in [3.63, 3.8) is 0 Å². The fourth-order valence-corrected chi connectivity index (χ4v) is 3.24. The summed E-state index contributed by atoms with van der Waals surface area (Å²) in [7, 11) is 0. The largest absolute Gasteiger partial charge is 0.337 e. The van der Waals surface area contributed by atoms with E-state index in [9.17, 15) is 4.79 Å². The second-order valence-corrected chi connectivity index (χ2v) is 6.43. The number of nitrogens with zero attached hydrogens (tertiary/aromatic N) is 4. The van der Waals surface area contributed by atoms with Gasteiger partial charge in [0.2, 0.25) is 11.7 Å². The van der Waals surface area contributed by atoms with Gasteiger partial charge in [-0.25, -0.2) is 0 Å². The van der Waals surface area contributed by atoms with Gasteiger partial charge in [-0.3, -0.25) is 9.89 Å². The molecule has 1 aliphatic heterocycles. The van der Waals surface area contributed by atoms with E-state index >= 15 is 0 Å². The Morgan fingerprint density at radius 1 is 1.45 bits per heavy atom. The third-order valence-electron chi connectivity index (χ3n) is 3.70. The van der Waals surface area contributed by atoms with Crippen molar-refractivity contribution < 1.29 is 9.32 Å². The minimum atomic E-state index is -0.155. The third-order valence-corrected chi connectivity index (χ3v) is 4.70. The van der Waals surface area contributed by atoms with Crippen LogP contribution in [0.4, 0.5) is 0 Å². The number of aryl methyl sites for hydroxylation is 1. The SMILES string of the molecule is Cc1ccc(-c2noc([C@@H]3CCN3C(=O)c3ccn[nH]3)n2)s1. The molecule has 1 amide bonds. The van der Waals surface area contributed by atoms with Crippen LogP contribution in [0.25, 0.3) is 10.7 Å². The highest BCUT2D eigenvalue weighted by molar-refractivity contribution is 7.15. The first-order chi connectivity index (χ1) is 10.7. The van der Waals surface area contributed by atoms with Crippen molar-refractivity contribution in [2.45, 2.75) is 19.4 Å². The number of carbonyl (C=O) groups excluding carboxylic acids is 1. The minimum absolute atomic E-state index is 0.0968. The van der Waals surface area contributed by atoms with Crippen LogP contribution in [0.1, 0.15) is 33.7 Å². The predicted molar refractivity (Wildman–Crippen MR) is 79.3 cm³/mol. The van der Waals surface area contributed by atoms with Crippen molar-refractivity contribution in [1.29, 1.82) is 0 Å². The molecular formula is C14H13N5O2S. The molecule has 112 valence electrons. The maximum Gasteiger partial charge on any atom is 0.272 e. The number of hydrogen-bond donors (Lipinski definition) is 1. The molecule has 0 spiro atoms. The zero-order valence-corrected chi connectivity index (χ0v) is 12.6. The first-order valence-electron chi connectivity index (χ1n) is 6.93. The molecule has 1 N–H and O–H groups in total. The molecule has 3 aromatic rings. The number of nitrogens with one attached hydrogen (secondary N) is 1. The summed E-state index contributed by atoms with van der Waals surface area (Å²) < 4.78 is 5.36. The van der Waals surface area contributed by atoms with Crippen molar-refractivity contribution in [1.82, 2.24) is 25.2 Å². The fraction of sp³-hybridized carbons (Fsp3) is 0.286. The lowest BCUT2D eigenvalue weighted by Gasteiger charge is -2.38. The van der Waals surface area contributed by atoms with Crippen LogP contribution in [-0.2, 0) is 0 Å².